The molecule has 2 atom stereocenters. The Morgan fingerprint density at radius 1 is 1.19 bits per heavy atom. The molecule has 0 radical (unpaired) electrons. The summed E-state index contributed by atoms with van der Waals surface area (Å²) < 4.78 is 30.2. The molecule has 7 nitrogen and oxygen atoms in total. The summed E-state index contributed by atoms with van der Waals surface area (Å²) in [4.78, 5) is 11.6. The lowest BCUT2D eigenvalue weighted by molar-refractivity contribution is -0.0495. The van der Waals surface area contributed by atoms with E-state index in [1.54, 1.807) is 12.1 Å². The first-order chi connectivity index (χ1) is 14.5. The molecule has 0 bridgehead atoms. The van der Waals surface area contributed by atoms with Gasteiger partial charge in [-0.05, 0) is 39.6 Å². The highest BCUT2D eigenvalue weighted by Gasteiger charge is 2.26. The Hall–Kier alpha value is -1.40. The molecule has 176 valence electrons. The number of alkyl halides is 2. The molecule has 2 unspecified atom stereocenters. The van der Waals surface area contributed by atoms with E-state index in [-0.39, 0.29) is 35.8 Å². The first-order valence-corrected chi connectivity index (χ1v) is 10.7. The number of para-hydroxylation sites is 2. The third-order valence-electron chi connectivity index (χ3n) is 5.74. The van der Waals surface area contributed by atoms with E-state index in [1.165, 1.54) is 0 Å². The van der Waals surface area contributed by atoms with Gasteiger partial charge in [0.05, 0.1) is 12.2 Å². The van der Waals surface area contributed by atoms with Crippen molar-refractivity contribution in [2.24, 2.45) is 4.99 Å². The molecular formula is C21H35F2IN6O. The Balaban J connectivity index is 0.00000341. The number of aliphatic imine (C=N–C) groups is 1. The molecule has 0 aliphatic carbocycles. The van der Waals surface area contributed by atoms with E-state index < -0.39 is 6.61 Å². The van der Waals surface area contributed by atoms with Crippen LogP contribution in [-0.4, -0.2) is 94.4 Å². The number of likely N-dealkylation sites (N-methyl/N-ethyl adjacent to an activating group) is 2. The summed E-state index contributed by atoms with van der Waals surface area (Å²) in [6.07, 6.45) is 0.902. The summed E-state index contributed by atoms with van der Waals surface area (Å²) in [6, 6.07) is 7.56. The van der Waals surface area contributed by atoms with Gasteiger partial charge >= 0.3 is 6.61 Å². The van der Waals surface area contributed by atoms with Gasteiger partial charge in [0.25, 0.3) is 0 Å². The monoisotopic (exact) mass is 552 g/mol. The van der Waals surface area contributed by atoms with Gasteiger partial charge in [-0.25, -0.2) is 0 Å². The largest absolute Gasteiger partial charge is 0.433 e. The second-order valence-corrected chi connectivity index (χ2v) is 8.04. The maximum absolute atomic E-state index is 12.7. The van der Waals surface area contributed by atoms with Crippen LogP contribution in [-0.2, 0) is 0 Å². The molecule has 10 heteroatoms. The number of halogens is 3. The normalized spacial score (nSPS) is 23.0. The van der Waals surface area contributed by atoms with Gasteiger partial charge in [-0.15, -0.1) is 24.0 Å². The molecule has 1 aromatic carbocycles. The van der Waals surface area contributed by atoms with Crippen molar-refractivity contribution < 1.29 is 13.5 Å². The predicted octanol–water partition coefficient (Wildman–Crippen LogP) is 2.29. The number of nitrogens with one attached hydrogen (secondary N) is 2. The molecule has 0 aromatic heterocycles. The smallest absolute Gasteiger partial charge is 0.387 e. The Morgan fingerprint density at radius 3 is 2.71 bits per heavy atom. The molecule has 0 spiro atoms. The highest BCUT2D eigenvalue weighted by Crippen LogP contribution is 2.31. The van der Waals surface area contributed by atoms with Crippen molar-refractivity contribution >= 4 is 35.6 Å². The maximum atomic E-state index is 12.7. The fraction of sp³-hybridized carbons (Fsp3) is 0.667. The van der Waals surface area contributed by atoms with Gasteiger partial charge in [0, 0.05) is 51.4 Å². The molecule has 31 heavy (non-hydrogen) atoms. The Morgan fingerprint density at radius 2 is 1.97 bits per heavy atom. The second kappa shape index (κ2) is 12.6. The standard InChI is InChI=1S/C21H34F2N6O.HI/c1-4-24-21(25-13-17-15-27(2)11-12-28(17)3)26-16-9-10-29(14-16)18-7-5-6-8-19(18)30-20(22)23;/h5-8,16-17,20H,4,9-15H2,1-3H3,(H2,24,25,26);1H. The van der Waals surface area contributed by atoms with E-state index >= 15 is 0 Å². The zero-order chi connectivity index (χ0) is 21.5. The van der Waals surface area contributed by atoms with Crippen LogP contribution in [0.15, 0.2) is 29.3 Å². The van der Waals surface area contributed by atoms with Crippen LogP contribution in [0.25, 0.3) is 0 Å². The van der Waals surface area contributed by atoms with Crippen molar-refractivity contribution in [3.05, 3.63) is 24.3 Å². The minimum atomic E-state index is -2.83. The molecule has 0 amide bonds. The van der Waals surface area contributed by atoms with Gasteiger partial charge < -0.3 is 25.2 Å². The van der Waals surface area contributed by atoms with E-state index in [4.69, 9.17) is 9.73 Å². The number of nitrogens with zero attached hydrogens (tertiary/aromatic N) is 4. The quantitative estimate of drug-likeness (QED) is 0.308. The summed E-state index contributed by atoms with van der Waals surface area (Å²) in [7, 11) is 4.30. The minimum Gasteiger partial charge on any atom is -0.433 e. The van der Waals surface area contributed by atoms with Crippen LogP contribution in [0.2, 0.25) is 0 Å². The number of ether oxygens (including phenoxy) is 1. The number of hydrogen-bond donors (Lipinski definition) is 2. The van der Waals surface area contributed by atoms with Crippen LogP contribution in [0.4, 0.5) is 14.5 Å². The van der Waals surface area contributed by atoms with Crippen LogP contribution < -0.4 is 20.3 Å². The molecule has 2 fully saturated rings. The van der Waals surface area contributed by atoms with Crippen LogP contribution >= 0.6 is 24.0 Å². The van der Waals surface area contributed by atoms with E-state index in [2.05, 4.69) is 46.4 Å². The number of hydrogen-bond acceptors (Lipinski definition) is 5. The van der Waals surface area contributed by atoms with Gasteiger partial charge in [0.15, 0.2) is 5.96 Å². The second-order valence-electron chi connectivity index (χ2n) is 8.04. The lowest BCUT2D eigenvalue weighted by Crippen LogP contribution is -2.52. The number of piperazine rings is 1. The van der Waals surface area contributed by atoms with Crippen LogP contribution in [0.1, 0.15) is 13.3 Å². The molecule has 2 aliphatic rings. The summed E-state index contributed by atoms with van der Waals surface area (Å²) in [6.45, 7) is 5.38. The molecule has 0 saturated carbocycles. The molecule has 2 heterocycles. The van der Waals surface area contributed by atoms with Gasteiger partial charge in [0.1, 0.15) is 5.75 Å². The lowest BCUT2D eigenvalue weighted by atomic mass is 10.2. The highest BCUT2D eigenvalue weighted by atomic mass is 127. The molecule has 1 aromatic rings. The van der Waals surface area contributed by atoms with Gasteiger partial charge in [-0.3, -0.25) is 9.89 Å². The van der Waals surface area contributed by atoms with E-state index in [0.717, 1.165) is 51.6 Å². The number of guanidine groups is 1. The lowest BCUT2D eigenvalue weighted by Gasteiger charge is -2.37. The predicted molar refractivity (Wildman–Crippen MR) is 132 cm³/mol. The zero-order valence-electron chi connectivity index (χ0n) is 18.6. The van der Waals surface area contributed by atoms with Crippen molar-refractivity contribution in [2.45, 2.75) is 32.0 Å². The summed E-state index contributed by atoms with van der Waals surface area (Å²) >= 11 is 0. The number of anilines is 1. The Bertz CT molecular complexity index is 710. The molecular weight excluding hydrogens is 517 g/mol. The number of rotatable bonds is 7. The fourth-order valence-corrected chi connectivity index (χ4v) is 4.02. The summed E-state index contributed by atoms with van der Waals surface area (Å²) in [5, 5.41) is 6.85. The average molecular weight is 552 g/mol. The number of benzene rings is 1. The van der Waals surface area contributed by atoms with Crippen LogP contribution in [0.5, 0.6) is 5.75 Å². The van der Waals surface area contributed by atoms with E-state index in [0.29, 0.717) is 18.3 Å². The van der Waals surface area contributed by atoms with E-state index in [1.807, 2.05) is 12.1 Å². The van der Waals surface area contributed by atoms with Crippen molar-refractivity contribution in [1.29, 1.82) is 0 Å². The van der Waals surface area contributed by atoms with Crippen LogP contribution in [0, 0.1) is 0 Å². The van der Waals surface area contributed by atoms with E-state index in [9.17, 15) is 8.78 Å². The highest BCUT2D eigenvalue weighted by molar-refractivity contribution is 14.0. The van der Waals surface area contributed by atoms with Crippen molar-refractivity contribution in [1.82, 2.24) is 20.4 Å². The topological polar surface area (TPSA) is 55.4 Å². The summed E-state index contributed by atoms with van der Waals surface area (Å²) in [5.74, 6) is 1.03. The Labute approximate surface area is 201 Å². The van der Waals surface area contributed by atoms with Gasteiger partial charge in [0.2, 0.25) is 0 Å². The third-order valence-corrected chi connectivity index (χ3v) is 5.74. The first-order valence-electron chi connectivity index (χ1n) is 10.7. The minimum absolute atomic E-state index is 0. The average Bonchev–Trinajstić information content (AvgIpc) is 3.17. The first kappa shape index (κ1) is 25.9. The van der Waals surface area contributed by atoms with Crippen molar-refractivity contribution in [3.63, 3.8) is 0 Å². The SMILES string of the molecule is CCNC(=NCC1CN(C)CCN1C)NC1CCN(c2ccccc2OC(F)F)C1.I. The van der Waals surface area contributed by atoms with Gasteiger partial charge in [-0.1, -0.05) is 12.1 Å². The molecule has 2 aliphatic heterocycles. The van der Waals surface area contributed by atoms with Gasteiger partial charge in [-0.2, -0.15) is 8.78 Å². The maximum Gasteiger partial charge on any atom is 0.387 e. The van der Waals surface area contributed by atoms with Crippen molar-refractivity contribution in [3.8, 4) is 5.75 Å². The third kappa shape index (κ3) is 7.60. The van der Waals surface area contributed by atoms with Crippen molar-refractivity contribution in [2.75, 3.05) is 64.8 Å². The summed E-state index contributed by atoms with van der Waals surface area (Å²) in [5.41, 5.74) is 0.705. The Kier molecular flexibility index (Phi) is 10.5. The van der Waals surface area contributed by atoms with Crippen LogP contribution in [0.3, 0.4) is 0 Å². The zero-order valence-corrected chi connectivity index (χ0v) is 20.9. The fourth-order valence-electron chi connectivity index (χ4n) is 4.02. The molecule has 3 rings (SSSR count). The molecule has 2 saturated heterocycles. The molecule has 2 N–H and O–H groups in total.